The van der Waals surface area contributed by atoms with E-state index in [1.807, 2.05) is 71.3 Å². The molecule has 122 valence electrons. The molecule has 0 aliphatic carbocycles. The molecule has 2 heterocycles. The highest BCUT2D eigenvalue weighted by molar-refractivity contribution is 9.10. The average molecular weight is 393 g/mol. The third-order valence-corrected chi connectivity index (χ3v) is 4.47. The molecule has 0 spiro atoms. The van der Waals surface area contributed by atoms with Crippen LogP contribution < -0.4 is 9.72 Å². The molecule has 4 aromatic rings. The van der Waals surface area contributed by atoms with Crippen molar-refractivity contribution >= 4 is 33.3 Å². The predicted octanol–water partition coefficient (Wildman–Crippen LogP) is 4.44. The van der Waals surface area contributed by atoms with Crippen molar-refractivity contribution in [2.24, 2.45) is 0 Å². The summed E-state index contributed by atoms with van der Waals surface area (Å²) in [5.41, 5.74) is 3.39. The number of H-pyrrole nitrogens is 1. The molecular weight excluding hydrogens is 378 g/mol. The fourth-order valence-corrected chi connectivity index (χ4v) is 3.19. The van der Waals surface area contributed by atoms with E-state index < -0.39 is 0 Å². The van der Waals surface area contributed by atoms with Gasteiger partial charge in [0.1, 0.15) is 0 Å². The van der Waals surface area contributed by atoms with E-state index in [-0.39, 0.29) is 5.91 Å². The van der Waals surface area contributed by atoms with Gasteiger partial charge in [-0.25, -0.2) is 9.72 Å². The molecule has 2 aromatic carbocycles. The van der Waals surface area contributed by atoms with Crippen LogP contribution in [0, 0.1) is 0 Å². The molecule has 4 nitrogen and oxygen atoms in total. The lowest BCUT2D eigenvalue weighted by Gasteiger charge is -2.03. The largest absolute Gasteiger partial charge is 0.311 e. The Labute approximate surface area is 153 Å². The summed E-state index contributed by atoms with van der Waals surface area (Å²) >= 11 is 3.41. The number of nitrogens with zero attached hydrogens (tertiary/aromatic N) is 1. The predicted molar refractivity (Wildman–Crippen MR) is 101 cm³/mol. The third-order valence-electron chi connectivity index (χ3n) is 3.97. The van der Waals surface area contributed by atoms with Gasteiger partial charge in [0.25, 0.3) is 5.82 Å². The molecule has 0 unspecified atom stereocenters. The zero-order valence-electron chi connectivity index (χ0n) is 13.2. The van der Waals surface area contributed by atoms with Gasteiger partial charge in [0.15, 0.2) is 5.69 Å². The zero-order chi connectivity index (χ0) is 17.2. The van der Waals surface area contributed by atoms with E-state index in [0.29, 0.717) is 11.4 Å². The van der Waals surface area contributed by atoms with E-state index in [1.54, 1.807) is 12.1 Å². The highest BCUT2D eigenvalue weighted by Crippen LogP contribution is 2.25. The van der Waals surface area contributed by atoms with Gasteiger partial charge in [0.05, 0.1) is 11.8 Å². The minimum absolute atomic E-state index is 0.157. The Morgan fingerprint density at radius 1 is 0.960 bits per heavy atom. The van der Waals surface area contributed by atoms with E-state index in [9.17, 15) is 4.79 Å². The summed E-state index contributed by atoms with van der Waals surface area (Å²) in [5, 5.41) is 3.05. The molecule has 0 radical (unpaired) electrons. The van der Waals surface area contributed by atoms with Gasteiger partial charge in [-0.3, -0.25) is 9.78 Å². The first kappa shape index (κ1) is 15.6. The summed E-state index contributed by atoms with van der Waals surface area (Å²) in [7, 11) is 0. The first-order valence-corrected chi connectivity index (χ1v) is 8.66. The smallest absolute Gasteiger partial charge is 0.267 e. The second-order valence-corrected chi connectivity index (χ2v) is 6.55. The molecule has 0 fully saturated rings. The third kappa shape index (κ3) is 3.06. The van der Waals surface area contributed by atoms with Crippen LogP contribution in [0.2, 0.25) is 0 Å². The molecule has 25 heavy (non-hydrogen) atoms. The fourth-order valence-electron chi connectivity index (χ4n) is 2.79. The molecule has 0 saturated carbocycles. The highest BCUT2D eigenvalue weighted by Gasteiger charge is 2.23. The highest BCUT2D eigenvalue weighted by atomic mass is 79.9. The van der Waals surface area contributed by atoms with Gasteiger partial charge < -0.3 is 0 Å². The van der Waals surface area contributed by atoms with Crippen LogP contribution in [0.5, 0.6) is 0 Å². The van der Waals surface area contributed by atoms with Gasteiger partial charge in [0, 0.05) is 16.1 Å². The van der Waals surface area contributed by atoms with Crippen molar-refractivity contribution in [3.63, 3.8) is 0 Å². The topological polar surface area (TPSA) is 49.0 Å². The lowest BCUT2D eigenvalue weighted by Crippen LogP contribution is -2.26. The van der Waals surface area contributed by atoms with Crippen molar-refractivity contribution in [2.45, 2.75) is 0 Å². The van der Waals surface area contributed by atoms with Crippen LogP contribution in [0.25, 0.3) is 16.9 Å². The summed E-state index contributed by atoms with van der Waals surface area (Å²) in [6.07, 6.45) is 1.93. The van der Waals surface area contributed by atoms with Gasteiger partial charge in [-0.05, 0) is 24.3 Å². The Bertz CT molecular complexity index is 1060. The molecule has 0 bridgehead atoms. The van der Waals surface area contributed by atoms with Crippen molar-refractivity contribution < 1.29 is 9.20 Å². The van der Waals surface area contributed by atoms with Crippen molar-refractivity contribution in [2.75, 3.05) is 5.32 Å². The summed E-state index contributed by atoms with van der Waals surface area (Å²) < 4.78 is 2.81. The number of carbonyl (C=O) groups is 1. The van der Waals surface area contributed by atoms with Gasteiger partial charge in [-0.2, -0.15) is 0 Å². The van der Waals surface area contributed by atoms with Gasteiger partial charge in [0.2, 0.25) is 5.65 Å². The van der Waals surface area contributed by atoms with Crippen LogP contribution >= 0.6 is 15.9 Å². The standard InChI is InChI=1S/C20H14BrN3O/c21-16-10-6-9-15(13-16)20(25)23-19-18(14-7-2-1-3-8-14)22-17-11-4-5-12-24(17)19/h1-13H,(H,23,25)/p+1. The second-order valence-electron chi connectivity index (χ2n) is 5.63. The van der Waals surface area contributed by atoms with Crippen molar-refractivity contribution in [1.82, 2.24) is 4.98 Å². The van der Waals surface area contributed by atoms with E-state index >= 15 is 0 Å². The number of imidazole rings is 1. The second kappa shape index (κ2) is 6.53. The number of halogens is 1. The first-order chi connectivity index (χ1) is 12.2. The SMILES string of the molecule is O=C(Nc1c(-c2ccccc2)[nH]c2cccc[n+]12)c1cccc(Br)c1. The number of aromatic nitrogens is 2. The van der Waals surface area contributed by atoms with Crippen molar-refractivity contribution in [1.29, 1.82) is 0 Å². The van der Waals surface area contributed by atoms with Gasteiger partial charge in [-0.15, -0.1) is 0 Å². The molecule has 2 aromatic heterocycles. The first-order valence-electron chi connectivity index (χ1n) is 7.87. The lowest BCUT2D eigenvalue weighted by molar-refractivity contribution is -0.493. The van der Waals surface area contributed by atoms with E-state index in [1.165, 1.54) is 0 Å². The molecular formula is C20H15BrN3O+. The van der Waals surface area contributed by atoms with Crippen LogP contribution in [-0.4, -0.2) is 10.9 Å². The molecule has 2 N–H and O–H groups in total. The minimum atomic E-state index is -0.157. The Kier molecular flexibility index (Phi) is 4.07. The van der Waals surface area contributed by atoms with E-state index in [2.05, 4.69) is 26.2 Å². The summed E-state index contributed by atoms with van der Waals surface area (Å²) in [6, 6.07) is 23.2. The number of hydrogen-bond donors (Lipinski definition) is 2. The quantitative estimate of drug-likeness (QED) is 0.497. The molecule has 0 saturated heterocycles. The molecule has 0 atom stereocenters. The number of pyridine rings is 1. The van der Waals surface area contributed by atoms with Crippen LogP contribution in [0.3, 0.4) is 0 Å². The normalized spacial score (nSPS) is 10.8. The molecule has 1 amide bonds. The number of aromatic amines is 1. The number of nitrogens with one attached hydrogen (secondary N) is 2. The Morgan fingerprint density at radius 3 is 2.56 bits per heavy atom. The maximum Gasteiger partial charge on any atom is 0.311 e. The van der Waals surface area contributed by atoms with Crippen LogP contribution in [0.4, 0.5) is 5.82 Å². The molecule has 4 rings (SSSR count). The number of anilines is 1. The summed E-state index contributed by atoms with van der Waals surface area (Å²) in [5.74, 6) is 0.558. The Morgan fingerprint density at radius 2 is 1.76 bits per heavy atom. The van der Waals surface area contributed by atoms with Crippen molar-refractivity contribution in [3.8, 4) is 11.3 Å². The molecule has 5 heteroatoms. The zero-order valence-corrected chi connectivity index (χ0v) is 14.8. The van der Waals surface area contributed by atoms with Crippen LogP contribution in [0.1, 0.15) is 10.4 Å². The van der Waals surface area contributed by atoms with Crippen molar-refractivity contribution in [3.05, 3.63) is 89.0 Å². The van der Waals surface area contributed by atoms with Gasteiger partial charge in [-0.1, -0.05) is 58.4 Å². The number of carbonyl (C=O) groups excluding carboxylic acids is 1. The lowest BCUT2D eigenvalue weighted by atomic mass is 10.1. The Balaban J connectivity index is 1.81. The molecule has 0 aliphatic rings. The maximum absolute atomic E-state index is 12.7. The average Bonchev–Trinajstić information content (AvgIpc) is 3.01. The molecule has 0 aliphatic heterocycles. The van der Waals surface area contributed by atoms with Crippen LogP contribution in [-0.2, 0) is 0 Å². The van der Waals surface area contributed by atoms with Gasteiger partial charge >= 0.3 is 5.91 Å². The number of benzene rings is 2. The minimum Gasteiger partial charge on any atom is -0.267 e. The summed E-state index contributed by atoms with van der Waals surface area (Å²) in [4.78, 5) is 16.1. The fraction of sp³-hybridized carbons (Fsp3) is 0. The number of rotatable bonds is 3. The Hall–Kier alpha value is -2.92. The van der Waals surface area contributed by atoms with E-state index in [0.717, 1.165) is 21.4 Å². The van der Waals surface area contributed by atoms with Crippen LogP contribution in [0.15, 0.2) is 83.5 Å². The van der Waals surface area contributed by atoms with E-state index in [4.69, 9.17) is 0 Å². The number of amides is 1. The summed E-state index contributed by atoms with van der Waals surface area (Å²) in [6.45, 7) is 0. The number of fused-ring (bicyclic) bond motifs is 1. The maximum atomic E-state index is 12.7. The number of hydrogen-bond acceptors (Lipinski definition) is 1. The monoisotopic (exact) mass is 392 g/mol.